The van der Waals surface area contributed by atoms with Gasteiger partial charge in [-0.25, -0.2) is 8.78 Å². The second-order valence-corrected chi connectivity index (χ2v) is 2.54. The van der Waals surface area contributed by atoms with Crippen molar-refractivity contribution in [3.63, 3.8) is 0 Å². The van der Waals surface area contributed by atoms with Crippen molar-refractivity contribution in [2.24, 2.45) is 0 Å². The molecule has 0 saturated carbocycles. The van der Waals surface area contributed by atoms with Crippen LogP contribution in [0, 0.1) is 0 Å². The molecular formula is C5H5BrF2N2. The molecule has 1 rings (SSSR count). The largest absolute Gasteiger partial charge is 0.257 e. The zero-order valence-electron chi connectivity index (χ0n) is 4.97. The standard InChI is InChI=1S/C5H5BrF2N2/c6-4-1-2-9-10(4)3-5(7)8/h1-2,5H,3H2. The van der Waals surface area contributed by atoms with E-state index in [-0.39, 0.29) is 6.54 Å². The normalized spacial score (nSPS) is 10.8. The van der Waals surface area contributed by atoms with E-state index in [4.69, 9.17) is 0 Å². The first-order valence-corrected chi connectivity index (χ1v) is 3.45. The van der Waals surface area contributed by atoms with Crippen LogP contribution < -0.4 is 0 Å². The van der Waals surface area contributed by atoms with Gasteiger partial charge in [0.25, 0.3) is 6.43 Å². The van der Waals surface area contributed by atoms with Crippen LogP contribution in [0.25, 0.3) is 0 Å². The fraction of sp³-hybridized carbons (Fsp3) is 0.400. The molecule has 0 aliphatic heterocycles. The highest BCUT2D eigenvalue weighted by Crippen LogP contribution is 2.09. The zero-order valence-corrected chi connectivity index (χ0v) is 6.55. The van der Waals surface area contributed by atoms with Gasteiger partial charge < -0.3 is 0 Å². The van der Waals surface area contributed by atoms with E-state index >= 15 is 0 Å². The highest BCUT2D eigenvalue weighted by molar-refractivity contribution is 9.10. The van der Waals surface area contributed by atoms with Crippen molar-refractivity contribution >= 4 is 15.9 Å². The summed E-state index contributed by atoms with van der Waals surface area (Å²) in [4.78, 5) is 0. The van der Waals surface area contributed by atoms with Crippen LogP contribution in [0.3, 0.4) is 0 Å². The van der Waals surface area contributed by atoms with Gasteiger partial charge in [-0.2, -0.15) is 5.10 Å². The number of rotatable bonds is 2. The summed E-state index contributed by atoms with van der Waals surface area (Å²) in [5.41, 5.74) is 0. The Bertz CT molecular complexity index is 211. The first-order chi connectivity index (χ1) is 4.70. The summed E-state index contributed by atoms with van der Waals surface area (Å²) in [6, 6.07) is 1.61. The van der Waals surface area contributed by atoms with Crippen molar-refractivity contribution in [1.29, 1.82) is 0 Å². The van der Waals surface area contributed by atoms with Gasteiger partial charge in [0.1, 0.15) is 11.1 Å². The van der Waals surface area contributed by atoms with E-state index in [9.17, 15) is 8.78 Å². The summed E-state index contributed by atoms with van der Waals surface area (Å²) < 4.78 is 25.2. The van der Waals surface area contributed by atoms with Crippen LogP contribution in [-0.4, -0.2) is 16.2 Å². The Balaban J connectivity index is 2.65. The number of nitrogens with zero attached hydrogens (tertiary/aromatic N) is 2. The van der Waals surface area contributed by atoms with Gasteiger partial charge in [-0.15, -0.1) is 0 Å². The van der Waals surface area contributed by atoms with Crippen molar-refractivity contribution in [2.75, 3.05) is 0 Å². The lowest BCUT2D eigenvalue weighted by atomic mass is 10.7. The highest BCUT2D eigenvalue weighted by Gasteiger charge is 2.05. The van der Waals surface area contributed by atoms with Gasteiger partial charge in [0, 0.05) is 0 Å². The molecule has 0 radical (unpaired) electrons. The predicted molar refractivity (Wildman–Crippen MR) is 35.9 cm³/mol. The lowest BCUT2D eigenvalue weighted by molar-refractivity contribution is 0.121. The van der Waals surface area contributed by atoms with Crippen molar-refractivity contribution in [3.8, 4) is 0 Å². The molecule has 56 valence electrons. The molecule has 0 N–H and O–H groups in total. The molecule has 0 atom stereocenters. The summed E-state index contributed by atoms with van der Waals surface area (Å²) in [5, 5.41) is 3.65. The molecule has 0 unspecified atom stereocenters. The van der Waals surface area contributed by atoms with Crippen LogP contribution in [0.15, 0.2) is 16.9 Å². The molecular weight excluding hydrogens is 206 g/mol. The number of halogens is 3. The molecule has 1 aromatic rings. The molecule has 1 aromatic heterocycles. The first kappa shape index (κ1) is 7.65. The number of aromatic nitrogens is 2. The number of hydrogen-bond donors (Lipinski definition) is 0. The lowest BCUT2D eigenvalue weighted by Crippen LogP contribution is -2.07. The van der Waals surface area contributed by atoms with Gasteiger partial charge >= 0.3 is 0 Å². The van der Waals surface area contributed by atoms with E-state index < -0.39 is 6.43 Å². The average Bonchev–Trinajstić information content (AvgIpc) is 2.15. The zero-order chi connectivity index (χ0) is 7.56. The van der Waals surface area contributed by atoms with Crippen molar-refractivity contribution in [2.45, 2.75) is 13.0 Å². The van der Waals surface area contributed by atoms with E-state index in [1.165, 1.54) is 10.9 Å². The van der Waals surface area contributed by atoms with E-state index in [2.05, 4.69) is 21.0 Å². The quantitative estimate of drug-likeness (QED) is 0.730. The SMILES string of the molecule is FC(F)Cn1nccc1Br. The van der Waals surface area contributed by atoms with E-state index in [1.54, 1.807) is 6.07 Å². The maximum Gasteiger partial charge on any atom is 0.257 e. The van der Waals surface area contributed by atoms with Crippen LogP contribution >= 0.6 is 15.9 Å². The van der Waals surface area contributed by atoms with E-state index in [0.29, 0.717) is 4.60 Å². The molecule has 5 heteroatoms. The Kier molecular flexibility index (Phi) is 2.37. The molecule has 10 heavy (non-hydrogen) atoms. The number of hydrogen-bond acceptors (Lipinski definition) is 1. The van der Waals surface area contributed by atoms with Gasteiger partial charge in [0.2, 0.25) is 0 Å². The van der Waals surface area contributed by atoms with Gasteiger partial charge in [-0.3, -0.25) is 4.68 Å². The van der Waals surface area contributed by atoms with E-state index in [1.807, 2.05) is 0 Å². The van der Waals surface area contributed by atoms with E-state index in [0.717, 1.165) is 0 Å². The Morgan fingerprint density at radius 2 is 2.40 bits per heavy atom. The molecule has 0 fully saturated rings. The van der Waals surface area contributed by atoms with Crippen LogP contribution in [0.5, 0.6) is 0 Å². The third-order valence-corrected chi connectivity index (χ3v) is 1.65. The maximum absolute atomic E-state index is 11.7. The summed E-state index contributed by atoms with van der Waals surface area (Å²) in [5.74, 6) is 0. The Labute approximate surface area is 65.0 Å². The summed E-state index contributed by atoms with van der Waals surface area (Å²) in [6.45, 7) is -0.354. The van der Waals surface area contributed by atoms with Gasteiger partial charge in [0.05, 0.1) is 6.20 Å². The van der Waals surface area contributed by atoms with Crippen LogP contribution in [-0.2, 0) is 6.54 Å². The minimum absolute atomic E-state index is 0.354. The molecule has 2 nitrogen and oxygen atoms in total. The fourth-order valence-corrected chi connectivity index (χ4v) is 0.936. The minimum atomic E-state index is -2.35. The Hall–Kier alpha value is -0.450. The molecule has 0 aromatic carbocycles. The van der Waals surface area contributed by atoms with Crippen LogP contribution in [0.2, 0.25) is 0 Å². The Morgan fingerprint density at radius 3 is 2.80 bits per heavy atom. The molecule has 0 saturated heterocycles. The predicted octanol–water partition coefficient (Wildman–Crippen LogP) is 1.91. The second kappa shape index (κ2) is 3.09. The molecule has 0 spiro atoms. The smallest absolute Gasteiger partial charge is 0.253 e. The average molecular weight is 211 g/mol. The second-order valence-electron chi connectivity index (χ2n) is 1.73. The molecule has 0 aliphatic carbocycles. The molecule has 0 aliphatic rings. The molecule has 0 amide bonds. The van der Waals surface area contributed by atoms with Gasteiger partial charge in [-0.05, 0) is 22.0 Å². The fourth-order valence-electron chi connectivity index (χ4n) is 0.582. The third kappa shape index (κ3) is 1.76. The maximum atomic E-state index is 11.7. The first-order valence-electron chi connectivity index (χ1n) is 2.65. The van der Waals surface area contributed by atoms with Gasteiger partial charge in [-0.1, -0.05) is 0 Å². The van der Waals surface area contributed by atoms with Gasteiger partial charge in [0.15, 0.2) is 0 Å². The number of alkyl halides is 2. The van der Waals surface area contributed by atoms with Crippen molar-refractivity contribution in [3.05, 3.63) is 16.9 Å². The third-order valence-electron chi connectivity index (χ3n) is 0.976. The van der Waals surface area contributed by atoms with Crippen LogP contribution in [0.4, 0.5) is 8.78 Å². The lowest BCUT2D eigenvalue weighted by Gasteiger charge is -1.99. The van der Waals surface area contributed by atoms with Crippen LogP contribution in [0.1, 0.15) is 0 Å². The summed E-state index contributed by atoms with van der Waals surface area (Å²) in [6.07, 6.45) is -0.886. The summed E-state index contributed by atoms with van der Waals surface area (Å²) >= 11 is 3.06. The summed E-state index contributed by atoms with van der Waals surface area (Å²) in [7, 11) is 0. The minimum Gasteiger partial charge on any atom is -0.253 e. The molecule has 1 heterocycles. The topological polar surface area (TPSA) is 17.8 Å². The van der Waals surface area contributed by atoms with Crippen molar-refractivity contribution < 1.29 is 8.78 Å². The highest BCUT2D eigenvalue weighted by atomic mass is 79.9. The Morgan fingerprint density at radius 1 is 1.70 bits per heavy atom. The monoisotopic (exact) mass is 210 g/mol. The molecule has 0 bridgehead atoms. The van der Waals surface area contributed by atoms with Crippen molar-refractivity contribution in [1.82, 2.24) is 9.78 Å².